The van der Waals surface area contributed by atoms with Gasteiger partial charge in [-0.1, -0.05) is 13.3 Å². The highest BCUT2D eigenvalue weighted by Gasteiger charge is 2.29. The average molecular weight is 252 g/mol. The summed E-state index contributed by atoms with van der Waals surface area (Å²) in [6, 6.07) is 0.257. The molecule has 0 spiro atoms. The largest absolute Gasteiger partial charge is 0.338 e. The molecule has 4 heteroatoms. The van der Waals surface area contributed by atoms with Gasteiger partial charge in [-0.05, 0) is 30.2 Å². The number of hydrogen-bond donors (Lipinski definition) is 1. The lowest BCUT2D eigenvalue weighted by Gasteiger charge is -2.36. The van der Waals surface area contributed by atoms with Crippen LogP contribution in [0.5, 0.6) is 0 Å². The third-order valence-corrected chi connectivity index (χ3v) is 4.55. The number of rotatable bonds is 2. The van der Waals surface area contributed by atoms with E-state index in [0.29, 0.717) is 5.92 Å². The number of piperidine rings is 1. The summed E-state index contributed by atoms with van der Waals surface area (Å²) in [5, 5.41) is 3.98. The van der Waals surface area contributed by atoms with Gasteiger partial charge in [0.25, 0.3) is 5.91 Å². The second-order valence-electron chi connectivity index (χ2n) is 4.84. The maximum absolute atomic E-state index is 12.3. The maximum atomic E-state index is 12.3. The quantitative estimate of drug-likeness (QED) is 0.877. The van der Waals surface area contributed by atoms with Gasteiger partial charge in [-0.3, -0.25) is 4.79 Å². The van der Waals surface area contributed by atoms with Crippen molar-refractivity contribution in [3.05, 3.63) is 21.9 Å². The predicted molar refractivity (Wildman–Crippen MR) is 71.3 cm³/mol. The number of nitrogens with two attached hydrogens (primary N) is 1. The van der Waals surface area contributed by atoms with E-state index in [1.165, 1.54) is 0 Å². The van der Waals surface area contributed by atoms with Crippen LogP contribution in [-0.2, 0) is 0 Å². The van der Waals surface area contributed by atoms with Gasteiger partial charge in [-0.25, -0.2) is 0 Å². The van der Waals surface area contributed by atoms with Crippen LogP contribution in [0.15, 0.2) is 10.8 Å². The highest BCUT2D eigenvalue weighted by Crippen LogP contribution is 2.22. The summed E-state index contributed by atoms with van der Waals surface area (Å²) >= 11 is 1.59. The molecule has 1 saturated heterocycles. The molecule has 1 aliphatic rings. The number of carbonyl (C=O) groups is 1. The third-order valence-electron chi connectivity index (χ3n) is 3.69. The molecule has 0 aromatic carbocycles. The normalized spacial score (nSPS) is 25.0. The fraction of sp³-hybridized carbons (Fsp3) is 0.615. The minimum atomic E-state index is 0.175. The van der Waals surface area contributed by atoms with E-state index in [1.54, 1.807) is 11.3 Å². The molecule has 2 heterocycles. The topological polar surface area (TPSA) is 46.3 Å². The molecule has 1 fully saturated rings. The van der Waals surface area contributed by atoms with Gasteiger partial charge in [-0.2, -0.15) is 11.3 Å². The number of likely N-dealkylation sites (tertiary alicyclic amines) is 1. The molecule has 0 saturated carbocycles. The number of aryl methyl sites for hydroxylation is 1. The Balaban J connectivity index is 2.09. The summed E-state index contributed by atoms with van der Waals surface area (Å²) in [6.07, 6.45) is 1.97. The van der Waals surface area contributed by atoms with E-state index < -0.39 is 0 Å². The van der Waals surface area contributed by atoms with Crippen molar-refractivity contribution >= 4 is 17.2 Å². The van der Waals surface area contributed by atoms with Crippen molar-refractivity contribution in [1.29, 1.82) is 0 Å². The highest BCUT2D eigenvalue weighted by molar-refractivity contribution is 7.08. The van der Waals surface area contributed by atoms with Crippen LogP contribution in [-0.4, -0.2) is 29.9 Å². The van der Waals surface area contributed by atoms with Crippen LogP contribution < -0.4 is 5.73 Å². The van der Waals surface area contributed by atoms with Gasteiger partial charge in [-0.15, -0.1) is 0 Å². The number of hydrogen-bond acceptors (Lipinski definition) is 3. The van der Waals surface area contributed by atoms with Crippen LogP contribution in [0.3, 0.4) is 0 Å². The van der Waals surface area contributed by atoms with E-state index in [1.807, 2.05) is 22.6 Å². The fourth-order valence-electron chi connectivity index (χ4n) is 2.42. The van der Waals surface area contributed by atoms with Gasteiger partial charge < -0.3 is 10.6 Å². The first kappa shape index (κ1) is 12.6. The summed E-state index contributed by atoms with van der Waals surface area (Å²) in [5.41, 5.74) is 8.01. The van der Waals surface area contributed by atoms with Crippen molar-refractivity contribution in [3.8, 4) is 0 Å². The first-order valence-corrected chi connectivity index (χ1v) is 7.15. The zero-order valence-electron chi connectivity index (χ0n) is 10.5. The molecule has 0 bridgehead atoms. The van der Waals surface area contributed by atoms with Gasteiger partial charge in [0.15, 0.2) is 0 Å². The highest BCUT2D eigenvalue weighted by atomic mass is 32.1. The van der Waals surface area contributed by atoms with E-state index in [9.17, 15) is 4.79 Å². The molecule has 1 amide bonds. The Morgan fingerprint density at radius 3 is 2.94 bits per heavy atom. The monoisotopic (exact) mass is 252 g/mol. The van der Waals surface area contributed by atoms with E-state index in [-0.39, 0.29) is 11.9 Å². The summed E-state index contributed by atoms with van der Waals surface area (Å²) in [5.74, 6) is 0.626. The van der Waals surface area contributed by atoms with Gasteiger partial charge in [0.2, 0.25) is 0 Å². The van der Waals surface area contributed by atoms with Crippen molar-refractivity contribution < 1.29 is 4.79 Å². The molecule has 1 aromatic rings. The van der Waals surface area contributed by atoms with E-state index >= 15 is 0 Å². The first-order chi connectivity index (χ1) is 8.13. The number of amides is 1. The Kier molecular flexibility index (Phi) is 3.84. The Morgan fingerprint density at radius 2 is 2.35 bits per heavy atom. The summed E-state index contributed by atoms with van der Waals surface area (Å²) in [6.45, 7) is 5.75. The van der Waals surface area contributed by atoms with Crippen molar-refractivity contribution in [2.45, 2.75) is 32.7 Å². The predicted octanol–water partition coefficient (Wildman–Crippen LogP) is 2.26. The van der Waals surface area contributed by atoms with Crippen LogP contribution >= 0.6 is 11.3 Å². The molecule has 0 aliphatic carbocycles. The zero-order valence-corrected chi connectivity index (χ0v) is 11.3. The molecule has 1 aliphatic heterocycles. The number of carbonyl (C=O) groups excluding carboxylic acids is 1. The first-order valence-electron chi connectivity index (χ1n) is 6.21. The maximum Gasteiger partial charge on any atom is 0.254 e. The molecule has 2 rings (SSSR count). The van der Waals surface area contributed by atoms with Crippen LogP contribution in [0.4, 0.5) is 0 Å². The lowest BCUT2D eigenvalue weighted by atomic mass is 9.90. The molecule has 94 valence electrons. The van der Waals surface area contributed by atoms with Crippen molar-refractivity contribution in [2.75, 3.05) is 13.1 Å². The van der Waals surface area contributed by atoms with E-state index in [2.05, 4.69) is 6.92 Å². The molecular weight excluding hydrogens is 232 g/mol. The smallest absolute Gasteiger partial charge is 0.254 e. The van der Waals surface area contributed by atoms with Crippen molar-refractivity contribution in [2.24, 2.45) is 11.7 Å². The molecule has 2 atom stereocenters. The Bertz CT molecular complexity index is 402. The summed E-state index contributed by atoms with van der Waals surface area (Å²) in [7, 11) is 0. The second kappa shape index (κ2) is 5.19. The average Bonchev–Trinajstić information content (AvgIpc) is 2.75. The molecule has 17 heavy (non-hydrogen) atoms. The fourth-order valence-corrected chi connectivity index (χ4v) is 3.24. The number of thiophene rings is 1. The van der Waals surface area contributed by atoms with Crippen LogP contribution in [0, 0.1) is 12.8 Å². The molecule has 0 radical (unpaired) electrons. The summed E-state index contributed by atoms with van der Waals surface area (Å²) < 4.78 is 0. The molecule has 2 N–H and O–H groups in total. The van der Waals surface area contributed by atoms with Crippen LogP contribution in [0.1, 0.15) is 35.7 Å². The van der Waals surface area contributed by atoms with E-state index in [4.69, 9.17) is 5.73 Å². The molecular formula is C13H20N2OS. The lowest BCUT2D eigenvalue weighted by molar-refractivity contribution is 0.0649. The molecule has 3 nitrogen and oxygen atoms in total. The number of nitrogens with zero attached hydrogens (tertiary/aromatic N) is 1. The SMILES string of the molecule is CCC1CN(C(=O)c2cscc2C)CCC1N. The van der Waals surface area contributed by atoms with E-state index in [0.717, 1.165) is 37.1 Å². The Morgan fingerprint density at radius 1 is 1.59 bits per heavy atom. The minimum Gasteiger partial charge on any atom is -0.338 e. The van der Waals surface area contributed by atoms with Crippen molar-refractivity contribution in [3.63, 3.8) is 0 Å². The lowest BCUT2D eigenvalue weighted by Crippen LogP contribution is -2.49. The summed E-state index contributed by atoms with van der Waals surface area (Å²) in [4.78, 5) is 14.3. The second-order valence-corrected chi connectivity index (χ2v) is 5.58. The Hall–Kier alpha value is -0.870. The third kappa shape index (κ3) is 2.53. The van der Waals surface area contributed by atoms with Gasteiger partial charge in [0, 0.05) is 24.5 Å². The molecule has 2 unspecified atom stereocenters. The van der Waals surface area contributed by atoms with Crippen LogP contribution in [0.2, 0.25) is 0 Å². The Labute approximate surface area is 107 Å². The van der Waals surface area contributed by atoms with Gasteiger partial charge >= 0.3 is 0 Å². The van der Waals surface area contributed by atoms with Crippen molar-refractivity contribution in [1.82, 2.24) is 4.90 Å². The van der Waals surface area contributed by atoms with Gasteiger partial charge in [0.1, 0.15) is 0 Å². The minimum absolute atomic E-state index is 0.175. The van der Waals surface area contributed by atoms with Gasteiger partial charge in [0.05, 0.1) is 5.56 Å². The molecule has 1 aromatic heterocycles. The van der Waals surface area contributed by atoms with Crippen LogP contribution in [0.25, 0.3) is 0 Å². The standard InChI is InChI=1S/C13H20N2OS/c1-3-10-6-15(5-4-12(10)14)13(16)11-8-17-7-9(11)2/h7-8,10,12H,3-6,14H2,1-2H3. The zero-order chi connectivity index (χ0) is 12.4.